The summed E-state index contributed by atoms with van der Waals surface area (Å²) in [6, 6.07) is 7.04. The van der Waals surface area contributed by atoms with Crippen LogP contribution in [0.25, 0.3) is 0 Å². The fraction of sp³-hybridized carbons (Fsp3) is 0.500. The van der Waals surface area contributed by atoms with Gasteiger partial charge in [0.15, 0.2) is 9.84 Å². The first-order valence-corrected chi connectivity index (χ1v) is 8.08. The predicted molar refractivity (Wildman–Crippen MR) is 70.8 cm³/mol. The molecule has 1 rings (SSSR count). The van der Waals surface area contributed by atoms with E-state index in [1.807, 2.05) is 26.0 Å². The van der Waals surface area contributed by atoms with E-state index in [-0.39, 0.29) is 5.75 Å². The summed E-state index contributed by atoms with van der Waals surface area (Å²) in [5.41, 5.74) is 1.08. The molecule has 90 valence electrons. The molecule has 0 aliphatic heterocycles. The molecule has 0 N–H and O–H groups in total. The minimum absolute atomic E-state index is 0.225. The highest BCUT2D eigenvalue weighted by Crippen LogP contribution is 2.15. The molecule has 0 aliphatic rings. The summed E-state index contributed by atoms with van der Waals surface area (Å²) in [6.07, 6.45) is 0.696. The highest BCUT2D eigenvalue weighted by Gasteiger charge is 2.15. The molecule has 0 heterocycles. The molecule has 1 aromatic rings. The molecule has 0 amide bonds. The van der Waals surface area contributed by atoms with Crippen molar-refractivity contribution in [2.75, 3.05) is 11.1 Å². The average Bonchev–Trinajstić information content (AvgIpc) is 2.26. The predicted octanol–water partition coefficient (Wildman–Crippen LogP) is 3.19. The monoisotopic (exact) mass is 304 g/mol. The Bertz CT molecular complexity index is 423. The Morgan fingerprint density at radius 3 is 2.31 bits per heavy atom. The van der Waals surface area contributed by atoms with Gasteiger partial charge in [0.1, 0.15) is 0 Å². The third-order valence-electron chi connectivity index (χ3n) is 2.52. The van der Waals surface area contributed by atoms with Crippen LogP contribution in [0.3, 0.4) is 0 Å². The van der Waals surface area contributed by atoms with Crippen LogP contribution in [0.4, 0.5) is 0 Å². The number of halogens is 1. The molecule has 1 aromatic carbocycles. The second-order valence-electron chi connectivity index (χ2n) is 4.18. The lowest BCUT2D eigenvalue weighted by Gasteiger charge is -2.08. The van der Waals surface area contributed by atoms with E-state index >= 15 is 0 Å². The molecule has 0 spiro atoms. The van der Waals surface area contributed by atoms with Crippen molar-refractivity contribution in [3.05, 3.63) is 29.8 Å². The normalized spacial score (nSPS) is 13.7. The van der Waals surface area contributed by atoms with E-state index < -0.39 is 9.84 Å². The van der Waals surface area contributed by atoms with Gasteiger partial charge in [0, 0.05) is 5.33 Å². The number of hydrogen-bond donors (Lipinski definition) is 0. The molecule has 0 aliphatic carbocycles. The molecule has 0 saturated carbocycles. The van der Waals surface area contributed by atoms with Gasteiger partial charge in [0.25, 0.3) is 0 Å². The maximum atomic E-state index is 11.9. The van der Waals surface area contributed by atoms with Crippen LogP contribution in [0, 0.1) is 12.8 Å². The fourth-order valence-electron chi connectivity index (χ4n) is 1.30. The molecule has 4 heteroatoms. The molecular weight excluding hydrogens is 288 g/mol. The van der Waals surface area contributed by atoms with Crippen molar-refractivity contribution in [1.29, 1.82) is 0 Å². The zero-order valence-electron chi connectivity index (χ0n) is 9.61. The summed E-state index contributed by atoms with van der Waals surface area (Å²) in [4.78, 5) is 0.430. The van der Waals surface area contributed by atoms with Gasteiger partial charge in [0.05, 0.1) is 10.6 Å². The summed E-state index contributed by atoms with van der Waals surface area (Å²) in [6.45, 7) is 3.99. The maximum Gasteiger partial charge on any atom is 0.178 e. The van der Waals surface area contributed by atoms with E-state index in [1.165, 1.54) is 0 Å². The van der Waals surface area contributed by atoms with E-state index in [0.717, 1.165) is 10.9 Å². The summed E-state index contributed by atoms with van der Waals surface area (Å²) >= 11 is 3.35. The summed E-state index contributed by atoms with van der Waals surface area (Å²) in [7, 11) is -3.10. The van der Waals surface area contributed by atoms with Crippen LogP contribution in [0.15, 0.2) is 29.2 Å². The highest BCUT2D eigenvalue weighted by atomic mass is 79.9. The lowest BCUT2D eigenvalue weighted by Crippen LogP contribution is -2.10. The first-order valence-electron chi connectivity index (χ1n) is 5.31. The van der Waals surface area contributed by atoms with E-state index in [2.05, 4.69) is 15.9 Å². The molecule has 1 unspecified atom stereocenters. The van der Waals surface area contributed by atoms with E-state index in [9.17, 15) is 8.42 Å². The average molecular weight is 305 g/mol. The first-order chi connectivity index (χ1) is 7.45. The summed E-state index contributed by atoms with van der Waals surface area (Å²) in [5, 5.41) is 0.844. The Morgan fingerprint density at radius 1 is 1.25 bits per heavy atom. The minimum atomic E-state index is -3.10. The van der Waals surface area contributed by atoms with Crippen molar-refractivity contribution in [1.82, 2.24) is 0 Å². The number of rotatable bonds is 5. The topological polar surface area (TPSA) is 34.1 Å². The number of sulfone groups is 1. The molecule has 0 aromatic heterocycles. The zero-order chi connectivity index (χ0) is 12.2. The van der Waals surface area contributed by atoms with E-state index in [1.54, 1.807) is 12.1 Å². The Kier molecular flexibility index (Phi) is 4.99. The Morgan fingerprint density at radius 2 is 1.81 bits per heavy atom. The molecule has 2 nitrogen and oxygen atoms in total. The molecular formula is C12H17BrO2S. The summed E-state index contributed by atoms with van der Waals surface area (Å²) in [5.74, 6) is 0.614. The summed E-state index contributed by atoms with van der Waals surface area (Å²) < 4.78 is 23.9. The zero-order valence-corrected chi connectivity index (χ0v) is 12.0. The van der Waals surface area contributed by atoms with Gasteiger partial charge in [-0.25, -0.2) is 8.42 Å². The lowest BCUT2D eigenvalue weighted by atomic mass is 10.2. The third-order valence-corrected chi connectivity index (χ3v) is 5.39. The van der Waals surface area contributed by atoms with Crippen molar-refractivity contribution in [3.63, 3.8) is 0 Å². The lowest BCUT2D eigenvalue weighted by molar-refractivity contribution is 0.577. The van der Waals surface area contributed by atoms with Crippen LogP contribution in [0.2, 0.25) is 0 Å². The Labute approximate surface area is 106 Å². The maximum absolute atomic E-state index is 11.9. The van der Waals surface area contributed by atoms with Gasteiger partial charge in [0.2, 0.25) is 0 Å². The van der Waals surface area contributed by atoms with Crippen LogP contribution in [0.5, 0.6) is 0 Å². The van der Waals surface area contributed by atoms with Crippen LogP contribution < -0.4 is 0 Å². The van der Waals surface area contributed by atoms with Crippen molar-refractivity contribution < 1.29 is 8.42 Å². The van der Waals surface area contributed by atoms with Gasteiger partial charge in [-0.3, -0.25) is 0 Å². The van der Waals surface area contributed by atoms with E-state index in [0.29, 0.717) is 17.2 Å². The second-order valence-corrected chi connectivity index (χ2v) is 6.94. The SMILES string of the molecule is Cc1ccc(S(=O)(=O)CCC(C)CBr)cc1. The minimum Gasteiger partial charge on any atom is -0.224 e. The van der Waals surface area contributed by atoms with Crippen LogP contribution in [0.1, 0.15) is 18.9 Å². The van der Waals surface area contributed by atoms with Crippen molar-refractivity contribution >= 4 is 25.8 Å². The van der Waals surface area contributed by atoms with Gasteiger partial charge in [-0.1, -0.05) is 40.5 Å². The standard InChI is InChI=1S/C12H17BrO2S/c1-10-3-5-12(6-4-10)16(14,15)8-7-11(2)9-13/h3-6,11H,7-9H2,1-2H3. The largest absolute Gasteiger partial charge is 0.224 e. The molecule has 0 bridgehead atoms. The Balaban J connectivity index is 2.74. The molecule has 0 fully saturated rings. The van der Waals surface area contributed by atoms with E-state index in [4.69, 9.17) is 0 Å². The van der Waals surface area contributed by atoms with Gasteiger partial charge in [-0.2, -0.15) is 0 Å². The first kappa shape index (κ1) is 13.7. The van der Waals surface area contributed by atoms with Crippen molar-refractivity contribution in [3.8, 4) is 0 Å². The van der Waals surface area contributed by atoms with Crippen LogP contribution >= 0.6 is 15.9 Å². The van der Waals surface area contributed by atoms with Crippen LogP contribution in [-0.4, -0.2) is 19.5 Å². The number of aryl methyl sites for hydroxylation is 1. The van der Waals surface area contributed by atoms with Gasteiger partial charge in [-0.15, -0.1) is 0 Å². The molecule has 1 atom stereocenters. The quantitative estimate of drug-likeness (QED) is 0.783. The molecule has 0 radical (unpaired) electrons. The number of hydrogen-bond acceptors (Lipinski definition) is 2. The van der Waals surface area contributed by atoms with Gasteiger partial charge >= 0.3 is 0 Å². The fourth-order valence-corrected chi connectivity index (χ4v) is 3.12. The molecule has 0 saturated heterocycles. The van der Waals surface area contributed by atoms with Crippen molar-refractivity contribution in [2.24, 2.45) is 5.92 Å². The van der Waals surface area contributed by atoms with Gasteiger partial charge < -0.3 is 0 Å². The molecule has 16 heavy (non-hydrogen) atoms. The smallest absolute Gasteiger partial charge is 0.178 e. The van der Waals surface area contributed by atoms with Crippen LogP contribution in [-0.2, 0) is 9.84 Å². The Hall–Kier alpha value is -0.350. The number of benzene rings is 1. The second kappa shape index (κ2) is 5.82. The third kappa shape index (κ3) is 3.91. The van der Waals surface area contributed by atoms with Gasteiger partial charge in [-0.05, 0) is 31.4 Å². The number of alkyl halides is 1. The highest BCUT2D eigenvalue weighted by molar-refractivity contribution is 9.09. The van der Waals surface area contributed by atoms with Crippen molar-refractivity contribution in [2.45, 2.75) is 25.2 Å².